The molecule has 0 spiro atoms. The number of nitrogens with two attached hydrogens (primary N) is 1. The molecule has 3 aliphatic heterocycles. The van der Waals surface area contributed by atoms with Gasteiger partial charge in [0.05, 0.1) is 0 Å². The zero-order valence-electron chi connectivity index (χ0n) is 18.2. The summed E-state index contributed by atoms with van der Waals surface area (Å²) in [7, 11) is 3.16. The molecule has 31 heavy (non-hydrogen) atoms. The number of aryl methyl sites for hydroxylation is 1. The maximum atomic E-state index is 13.1. The number of primary amides is 1. The molecule has 9 heteroatoms. The zero-order chi connectivity index (χ0) is 22.3. The van der Waals surface area contributed by atoms with Crippen LogP contribution in [0.1, 0.15) is 24.0 Å². The molecule has 3 heterocycles. The fraction of sp³-hybridized carbons (Fsp3) is 0.500. The monoisotopic (exact) mass is 425 g/mol. The molecule has 1 aromatic rings. The first kappa shape index (κ1) is 21.2. The lowest BCUT2D eigenvalue weighted by molar-refractivity contribution is -0.552. The van der Waals surface area contributed by atoms with Gasteiger partial charge in [-0.2, -0.15) is 0 Å². The van der Waals surface area contributed by atoms with Crippen molar-refractivity contribution in [3.63, 3.8) is 0 Å². The Morgan fingerprint density at radius 3 is 2.39 bits per heavy atom. The third-order valence-corrected chi connectivity index (χ3v) is 6.44. The van der Waals surface area contributed by atoms with Crippen molar-refractivity contribution in [1.82, 2.24) is 14.7 Å². The Bertz CT molecular complexity index is 975. The van der Waals surface area contributed by atoms with Gasteiger partial charge in [-0.1, -0.05) is 29.8 Å². The first-order chi connectivity index (χ1) is 14.8. The van der Waals surface area contributed by atoms with Crippen molar-refractivity contribution in [3.05, 3.63) is 35.4 Å². The minimum atomic E-state index is -0.618. The zero-order valence-corrected chi connectivity index (χ0v) is 18.2. The fourth-order valence-corrected chi connectivity index (χ4v) is 4.42. The topological polar surface area (TPSA) is 102 Å². The third kappa shape index (κ3) is 3.97. The molecule has 9 nitrogen and oxygen atoms in total. The van der Waals surface area contributed by atoms with Gasteiger partial charge in [0.1, 0.15) is 13.1 Å². The van der Waals surface area contributed by atoms with Gasteiger partial charge in [-0.25, -0.2) is 9.37 Å². The van der Waals surface area contributed by atoms with E-state index in [0.29, 0.717) is 18.9 Å². The van der Waals surface area contributed by atoms with E-state index in [2.05, 4.69) is 17.0 Å². The molecule has 2 fully saturated rings. The number of likely N-dealkylation sites (tertiary alicyclic amines) is 1. The Balaban J connectivity index is 1.63. The Hall–Kier alpha value is -3.07. The number of aliphatic imine (C=N–C) groups is 1. The number of rotatable bonds is 5. The number of carbonyl (C=O) groups excluding carboxylic acids is 3. The highest BCUT2D eigenvalue weighted by molar-refractivity contribution is 6.23. The summed E-state index contributed by atoms with van der Waals surface area (Å²) >= 11 is 0. The van der Waals surface area contributed by atoms with Gasteiger partial charge >= 0.3 is 11.9 Å². The lowest BCUT2D eigenvalue weighted by atomic mass is 9.96. The number of nitrogens with zero attached hydrogens (tertiary/aromatic N) is 5. The molecule has 1 atom stereocenters. The highest BCUT2D eigenvalue weighted by Gasteiger charge is 2.53. The molecule has 0 aliphatic carbocycles. The molecule has 164 valence electrons. The van der Waals surface area contributed by atoms with Crippen molar-refractivity contribution in [2.75, 3.05) is 33.7 Å². The second-order valence-corrected chi connectivity index (χ2v) is 8.59. The van der Waals surface area contributed by atoms with Gasteiger partial charge < -0.3 is 5.73 Å². The van der Waals surface area contributed by atoms with Crippen LogP contribution in [-0.4, -0.2) is 88.6 Å². The molecule has 0 radical (unpaired) electrons. The Labute approximate surface area is 181 Å². The molecule has 4 rings (SSSR count). The summed E-state index contributed by atoms with van der Waals surface area (Å²) < 4.78 is 2.00. The van der Waals surface area contributed by atoms with Gasteiger partial charge in [0, 0.05) is 20.0 Å². The van der Waals surface area contributed by atoms with Crippen LogP contribution < -0.4 is 5.73 Å². The van der Waals surface area contributed by atoms with E-state index >= 15 is 0 Å². The van der Waals surface area contributed by atoms with Crippen LogP contribution in [-0.2, 0) is 16.1 Å². The average Bonchev–Trinajstić information content (AvgIpc) is 3.10. The third-order valence-electron chi connectivity index (χ3n) is 6.44. The number of hydrogen-bond donors (Lipinski definition) is 1. The summed E-state index contributed by atoms with van der Waals surface area (Å²) in [4.78, 5) is 46.6. The van der Waals surface area contributed by atoms with E-state index in [1.54, 1.807) is 7.05 Å². The number of carbonyl (C=O) groups is 3. The van der Waals surface area contributed by atoms with E-state index < -0.39 is 6.04 Å². The van der Waals surface area contributed by atoms with Crippen LogP contribution in [0.3, 0.4) is 0 Å². The van der Waals surface area contributed by atoms with Crippen molar-refractivity contribution in [3.8, 4) is 0 Å². The second kappa shape index (κ2) is 8.22. The molecule has 4 amide bonds. The predicted octanol–water partition coefficient (Wildman–Crippen LogP) is 0.408. The van der Waals surface area contributed by atoms with Gasteiger partial charge in [-0.3, -0.25) is 24.3 Å². The van der Waals surface area contributed by atoms with E-state index in [0.717, 1.165) is 42.2 Å². The number of urea groups is 1. The predicted molar refractivity (Wildman–Crippen MR) is 116 cm³/mol. The van der Waals surface area contributed by atoms with Gasteiger partial charge in [0.15, 0.2) is 0 Å². The molecule has 0 bridgehead atoms. The van der Waals surface area contributed by atoms with Crippen LogP contribution in [0, 0.1) is 12.8 Å². The van der Waals surface area contributed by atoms with Crippen LogP contribution in [0.2, 0.25) is 0 Å². The summed E-state index contributed by atoms with van der Waals surface area (Å²) in [6.45, 7) is 4.60. The molecule has 1 aromatic carbocycles. The summed E-state index contributed by atoms with van der Waals surface area (Å²) in [5.41, 5.74) is 7.70. The second-order valence-electron chi connectivity index (χ2n) is 8.59. The average molecular weight is 426 g/mol. The minimum absolute atomic E-state index is 0.0821. The first-order valence-corrected chi connectivity index (χ1v) is 10.6. The van der Waals surface area contributed by atoms with Crippen molar-refractivity contribution >= 4 is 29.5 Å². The van der Waals surface area contributed by atoms with Gasteiger partial charge in [-0.15, -0.1) is 0 Å². The highest BCUT2D eigenvalue weighted by atomic mass is 16.2. The molecule has 0 saturated carbocycles. The number of fused-ring (bicyclic) bond motifs is 1. The van der Waals surface area contributed by atoms with Gasteiger partial charge in [-0.05, 0) is 43.4 Å². The number of benzene rings is 1. The lowest BCUT2D eigenvalue weighted by Gasteiger charge is -2.31. The summed E-state index contributed by atoms with van der Waals surface area (Å²) in [5.74, 6) is 0.649. The van der Waals surface area contributed by atoms with Gasteiger partial charge in [0.25, 0.3) is 17.8 Å². The van der Waals surface area contributed by atoms with Crippen LogP contribution in [0.5, 0.6) is 0 Å². The van der Waals surface area contributed by atoms with Crippen molar-refractivity contribution in [2.45, 2.75) is 32.4 Å². The number of piperidine rings is 1. The van der Waals surface area contributed by atoms with Crippen LogP contribution >= 0.6 is 0 Å². The van der Waals surface area contributed by atoms with E-state index in [-0.39, 0.29) is 23.8 Å². The van der Waals surface area contributed by atoms with E-state index in [9.17, 15) is 14.4 Å². The SMILES string of the molecule is Cc1ccc(C[N+]2=C(CN3CCC(C(N)=O)CC3)N=C3C2C(=O)N(C)C(=O)N3C)cc1. The molecular formula is C22H29N6O3+. The van der Waals surface area contributed by atoms with Crippen molar-refractivity contribution < 1.29 is 19.0 Å². The molecule has 3 aliphatic rings. The number of amidine groups is 2. The number of imide groups is 1. The highest BCUT2D eigenvalue weighted by Crippen LogP contribution is 2.23. The number of hydrogen-bond acceptors (Lipinski definition) is 5. The summed E-state index contributed by atoms with van der Waals surface area (Å²) in [6, 6.07) is 7.20. The van der Waals surface area contributed by atoms with E-state index in [4.69, 9.17) is 10.7 Å². The largest absolute Gasteiger partial charge is 0.369 e. The van der Waals surface area contributed by atoms with Crippen molar-refractivity contribution in [1.29, 1.82) is 0 Å². The lowest BCUT2D eigenvalue weighted by Crippen LogP contribution is -2.61. The normalized spacial score (nSPS) is 22.8. The maximum absolute atomic E-state index is 13.1. The smallest absolute Gasteiger partial charge is 0.333 e. The van der Waals surface area contributed by atoms with E-state index in [1.807, 2.05) is 23.6 Å². The molecule has 0 aromatic heterocycles. The minimum Gasteiger partial charge on any atom is -0.369 e. The molecule has 2 N–H and O–H groups in total. The first-order valence-electron chi connectivity index (χ1n) is 10.6. The van der Waals surface area contributed by atoms with Gasteiger partial charge in [0.2, 0.25) is 5.91 Å². The number of likely N-dealkylation sites (N-methyl/N-ethyl adjacent to an activating group) is 2. The fourth-order valence-electron chi connectivity index (χ4n) is 4.42. The van der Waals surface area contributed by atoms with E-state index in [1.165, 1.54) is 17.5 Å². The van der Waals surface area contributed by atoms with Crippen LogP contribution in [0.25, 0.3) is 0 Å². The standard InChI is InChI=1S/C22H28N6O3/c1-14-4-6-15(7-5-14)12-28-17(13-27-10-8-16(9-11-27)19(23)29)24-20-18(28)21(30)26(3)22(31)25(20)2/h4-7,16,18H,8-13H2,1-3H3,(H-,23,29)/p+1. The molecule has 1 unspecified atom stereocenters. The Morgan fingerprint density at radius 2 is 1.77 bits per heavy atom. The maximum Gasteiger partial charge on any atom is 0.333 e. The molecule has 2 saturated heterocycles. The van der Waals surface area contributed by atoms with Crippen LogP contribution in [0.15, 0.2) is 29.3 Å². The summed E-state index contributed by atoms with van der Waals surface area (Å²) in [5, 5.41) is 0. The number of amides is 4. The van der Waals surface area contributed by atoms with Crippen molar-refractivity contribution in [2.24, 2.45) is 16.6 Å². The Morgan fingerprint density at radius 1 is 1.13 bits per heavy atom. The quantitative estimate of drug-likeness (QED) is 0.690. The van der Waals surface area contributed by atoms with Crippen LogP contribution in [0.4, 0.5) is 4.79 Å². The summed E-state index contributed by atoms with van der Waals surface area (Å²) in [6.07, 6.45) is 1.45. The Kier molecular flexibility index (Phi) is 5.62. The molecular weight excluding hydrogens is 396 g/mol.